The zero-order valence-electron chi connectivity index (χ0n) is 8.24. The van der Waals surface area contributed by atoms with Gasteiger partial charge in [0.15, 0.2) is 5.89 Å². The lowest BCUT2D eigenvalue weighted by molar-refractivity contribution is 0.448. The first kappa shape index (κ1) is 10.1. The molecule has 1 aliphatic heterocycles. The highest BCUT2D eigenvalue weighted by Crippen LogP contribution is 2.27. The molecule has 3 nitrogen and oxygen atoms in total. The fraction of sp³-hybridized carbons (Fsp3) is 0.700. The number of rotatable bonds is 3. The van der Waals surface area contributed by atoms with Crippen molar-refractivity contribution >= 4 is 11.8 Å². The summed E-state index contributed by atoms with van der Waals surface area (Å²) in [5.41, 5.74) is 5.46. The summed E-state index contributed by atoms with van der Waals surface area (Å²) in [6.45, 7) is 0.449. The smallest absolute Gasteiger partial charge is 0.195 e. The molecule has 1 aromatic rings. The van der Waals surface area contributed by atoms with Gasteiger partial charge in [-0.15, -0.1) is 0 Å². The van der Waals surface area contributed by atoms with Crippen molar-refractivity contribution in [3.05, 3.63) is 17.8 Å². The molecule has 1 saturated heterocycles. The van der Waals surface area contributed by atoms with Crippen LogP contribution in [0.4, 0.5) is 0 Å². The van der Waals surface area contributed by atoms with E-state index in [1.165, 1.54) is 25.0 Å². The molecule has 2 N–H and O–H groups in total. The highest BCUT2D eigenvalue weighted by Gasteiger charge is 2.16. The second-order valence-electron chi connectivity index (χ2n) is 3.62. The average Bonchev–Trinajstić information content (AvgIpc) is 2.67. The van der Waals surface area contributed by atoms with Crippen molar-refractivity contribution in [3.63, 3.8) is 0 Å². The topological polar surface area (TPSA) is 52.0 Å². The van der Waals surface area contributed by atoms with Gasteiger partial charge < -0.3 is 10.2 Å². The van der Waals surface area contributed by atoms with Gasteiger partial charge in [-0.25, -0.2) is 4.98 Å². The normalized spacial score (nSPS) is 22.5. The second kappa shape index (κ2) is 4.84. The van der Waals surface area contributed by atoms with Crippen molar-refractivity contribution in [3.8, 4) is 0 Å². The van der Waals surface area contributed by atoms with Crippen LogP contribution in [-0.4, -0.2) is 16.0 Å². The van der Waals surface area contributed by atoms with E-state index in [9.17, 15) is 0 Å². The predicted octanol–water partition coefficient (Wildman–Crippen LogP) is 1.96. The molecule has 0 aromatic carbocycles. The van der Waals surface area contributed by atoms with Crippen molar-refractivity contribution in [2.24, 2.45) is 5.73 Å². The summed E-state index contributed by atoms with van der Waals surface area (Å²) < 4.78 is 5.49. The third-order valence-electron chi connectivity index (χ3n) is 2.48. The van der Waals surface area contributed by atoms with E-state index in [2.05, 4.69) is 4.98 Å². The Hall–Kier alpha value is -0.480. The number of hydrogen-bond donors (Lipinski definition) is 1. The maximum Gasteiger partial charge on any atom is 0.195 e. The van der Waals surface area contributed by atoms with Gasteiger partial charge in [0.2, 0.25) is 0 Å². The summed E-state index contributed by atoms with van der Waals surface area (Å²) in [6, 6.07) is 0. The molecule has 0 radical (unpaired) electrons. The van der Waals surface area contributed by atoms with E-state index in [0.29, 0.717) is 11.8 Å². The number of thioether (sulfide) groups is 1. The summed E-state index contributed by atoms with van der Waals surface area (Å²) >= 11 is 2.04. The van der Waals surface area contributed by atoms with Crippen LogP contribution in [0.15, 0.2) is 10.6 Å². The van der Waals surface area contributed by atoms with E-state index in [0.717, 1.165) is 18.1 Å². The molecule has 2 heterocycles. The summed E-state index contributed by atoms with van der Waals surface area (Å²) in [4.78, 5) is 4.22. The number of oxazole rings is 1. The maximum atomic E-state index is 5.49. The second-order valence-corrected chi connectivity index (χ2v) is 5.03. The van der Waals surface area contributed by atoms with E-state index >= 15 is 0 Å². The molecule has 14 heavy (non-hydrogen) atoms. The molecule has 1 aromatic heterocycles. The standard InChI is InChI=1S/C10H16N2OS/c11-6-8-7-12-10(13-8)5-9-3-1-2-4-14-9/h7,9H,1-6,11H2. The zero-order valence-corrected chi connectivity index (χ0v) is 9.05. The van der Waals surface area contributed by atoms with Crippen LogP contribution in [0.3, 0.4) is 0 Å². The van der Waals surface area contributed by atoms with Crippen molar-refractivity contribution in [1.29, 1.82) is 0 Å². The highest BCUT2D eigenvalue weighted by molar-refractivity contribution is 7.99. The van der Waals surface area contributed by atoms with Gasteiger partial charge in [0.1, 0.15) is 5.76 Å². The molecule has 78 valence electrons. The van der Waals surface area contributed by atoms with Gasteiger partial charge in [0.25, 0.3) is 0 Å². The Balaban J connectivity index is 1.89. The highest BCUT2D eigenvalue weighted by atomic mass is 32.2. The van der Waals surface area contributed by atoms with E-state index in [-0.39, 0.29) is 0 Å². The fourth-order valence-corrected chi connectivity index (χ4v) is 3.00. The molecule has 0 aliphatic carbocycles. The Labute approximate surface area is 88.5 Å². The van der Waals surface area contributed by atoms with E-state index < -0.39 is 0 Å². The Kier molecular flexibility index (Phi) is 3.48. The molecule has 0 saturated carbocycles. The first-order valence-electron chi connectivity index (χ1n) is 5.13. The maximum absolute atomic E-state index is 5.49. The molecule has 4 heteroatoms. The third-order valence-corrected chi connectivity index (χ3v) is 3.88. The van der Waals surface area contributed by atoms with E-state index in [1.807, 2.05) is 11.8 Å². The van der Waals surface area contributed by atoms with Gasteiger partial charge in [-0.2, -0.15) is 11.8 Å². The molecular weight excluding hydrogens is 196 g/mol. The van der Waals surface area contributed by atoms with Gasteiger partial charge in [0, 0.05) is 11.7 Å². The lowest BCUT2D eigenvalue weighted by Crippen LogP contribution is -2.12. The largest absolute Gasteiger partial charge is 0.444 e. The van der Waals surface area contributed by atoms with Crippen molar-refractivity contribution < 1.29 is 4.42 Å². The van der Waals surface area contributed by atoms with Crippen LogP contribution in [0, 0.1) is 0 Å². The number of nitrogens with two attached hydrogens (primary N) is 1. The van der Waals surface area contributed by atoms with Crippen LogP contribution in [0.1, 0.15) is 30.9 Å². The lowest BCUT2D eigenvalue weighted by Gasteiger charge is -2.19. The quantitative estimate of drug-likeness (QED) is 0.832. The molecule has 1 fully saturated rings. The molecule has 1 unspecified atom stereocenters. The molecule has 1 aliphatic rings. The summed E-state index contributed by atoms with van der Waals surface area (Å²) in [7, 11) is 0. The van der Waals surface area contributed by atoms with Crippen LogP contribution in [0.2, 0.25) is 0 Å². The minimum atomic E-state index is 0.449. The number of aromatic nitrogens is 1. The van der Waals surface area contributed by atoms with Crippen LogP contribution < -0.4 is 5.73 Å². The minimum absolute atomic E-state index is 0.449. The Morgan fingerprint density at radius 2 is 2.50 bits per heavy atom. The van der Waals surface area contributed by atoms with Gasteiger partial charge in [-0.05, 0) is 18.6 Å². The Bertz CT molecular complexity index is 281. The summed E-state index contributed by atoms with van der Waals surface area (Å²) in [6.07, 6.45) is 6.71. The first-order valence-corrected chi connectivity index (χ1v) is 6.18. The van der Waals surface area contributed by atoms with Crippen LogP contribution in [-0.2, 0) is 13.0 Å². The minimum Gasteiger partial charge on any atom is -0.444 e. The van der Waals surface area contributed by atoms with Crippen molar-refractivity contribution in [2.45, 2.75) is 37.5 Å². The van der Waals surface area contributed by atoms with Crippen LogP contribution in [0.5, 0.6) is 0 Å². The van der Waals surface area contributed by atoms with Gasteiger partial charge in [-0.3, -0.25) is 0 Å². The molecule has 1 atom stereocenters. The van der Waals surface area contributed by atoms with Gasteiger partial charge in [0.05, 0.1) is 12.7 Å². The van der Waals surface area contributed by atoms with Crippen molar-refractivity contribution in [1.82, 2.24) is 4.98 Å². The molecular formula is C10H16N2OS. The summed E-state index contributed by atoms with van der Waals surface area (Å²) in [5, 5.41) is 0.702. The van der Waals surface area contributed by atoms with Gasteiger partial charge >= 0.3 is 0 Å². The fourth-order valence-electron chi connectivity index (χ4n) is 1.70. The SMILES string of the molecule is NCc1cnc(CC2CCCCS2)o1. The Morgan fingerprint density at radius 3 is 3.14 bits per heavy atom. The number of hydrogen-bond acceptors (Lipinski definition) is 4. The summed E-state index contributed by atoms with van der Waals surface area (Å²) in [5.74, 6) is 2.93. The van der Waals surface area contributed by atoms with Crippen LogP contribution >= 0.6 is 11.8 Å². The lowest BCUT2D eigenvalue weighted by atomic mass is 10.1. The first-order chi connectivity index (χ1) is 6.88. The molecule has 0 bridgehead atoms. The van der Waals surface area contributed by atoms with Crippen LogP contribution in [0.25, 0.3) is 0 Å². The molecule has 0 amide bonds. The van der Waals surface area contributed by atoms with E-state index in [4.69, 9.17) is 10.2 Å². The monoisotopic (exact) mass is 212 g/mol. The Morgan fingerprint density at radius 1 is 1.57 bits per heavy atom. The van der Waals surface area contributed by atoms with Crippen molar-refractivity contribution in [2.75, 3.05) is 5.75 Å². The zero-order chi connectivity index (χ0) is 9.80. The van der Waals surface area contributed by atoms with Gasteiger partial charge in [-0.1, -0.05) is 6.42 Å². The molecule has 0 spiro atoms. The predicted molar refractivity (Wildman–Crippen MR) is 58.2 cm³/mol. The van der Waals surface area contributed by atoms with E-state index in [1.54, 1.807) is 6.20 Å². The molecule has 2 rings (SSSR count). The number of nitrogens with zero attached hydrogens (tertiary/aromatic N) is 1. The third kappa shape index (κ3) is 2.51. The average molecular weight is 212 g/mol.